The third kappa shape index (κ3) is 9.24. The van der Waals surface area contributed by atoms with E-state index in [0.717, 1.165) is 24.8 Å². The second-order valence-corrected chi connectivity index (χ2v) is 3.88. The molecule has 1 nitrogen and oxygen atoms in total. The summed E-state index contributed by atoms with van der Waals surface area (Å²) in [6.07, 6.45) is 7.98. The van der Waals surface area contributed by atoms with Crippen molar-refractivity contribution in [3.05, 3.63) is 30.2 Å². The molecular formula is C13H21O. The van der Waals surface area contributed by atoms with E-state index in [9.17, 15) is 4.79 Å². The van der Waals surface area contributed by atoms with E-state index in [1.165, 1.54) is 5.57 Å². The Morgan fingerprint density at radius 2 is 1.64 bits per heavy atom. The Morgan fingerprint density at radius 1 is 1.07 bits per heavy atom. The largest absolute Gasteiger partial charge is 0.300 e. The molecule has 79 valence electrons. The topological polar surface area (TPSA) is 17.1 Å². The second kappa shape index (κ2) is 7.54. The minimum Gasteiger partial charge on any atom is -0.300 e. The first-order chi connectivity index (χ1) is 6.52. The minimum absolute atomic E-state index is 0.266. The lowest BCUT2D eigenvalue weighted by atomic mass is 10.1. The monoisotopic (exact) mass is 193 g/mol. The first-order valence-corrected chi connectivity index (χ1v) is 5.16. The summed E-state index contributed by atoms with van der Waals surface area (Å²) in [7, 11) is 0. The Morgan fingerprint density at radius 3 is 2.14 bits per heavy atom. The molecule has 0 saturated carbocycles. The van der Waals surface area contributed by atoms with Gasteiger partial charge in [-0.25, -0.2) is 0 Å². The van der Waals surface area contributed by atoms with Gasteiger partial charge in [0.05, 0.1) is 0 Å². The lowest BCUT2D eigenvalue weighted by Crippen LogP contribution is -1.87. The lowest BCUT2D eigenvalue weighted by molar-refractivity contribution is -0.116. The third-order valence-electron chi connectivity index (χ3n) is 2.02. The van der Waals surface area contributed by atoms with E-state index < -0.39 is 0 Å². The Balaban J connectivity index is 3.67. The Labute approximate surface area is 87.9 Å². The molecule has 0 fully saturated rings. The fourth-order valence-electron chi connectivity index (χ4n) is 1.17. The molecule has 0 atom stereocenters. The molecule has 1 radical (unpaired) electrons. The first kappa shape index (κ1) is 13.2. The van der Waals surface area contributed by atoms with Gasteiger partial charge < -0.3 is 4.79 Å². The molecule has 1 heteroatoms. The van der Waals surface area contributed by atoms with Crippen molar-refractivity contribution in [1.29, 1.82) is 0 Å². The van der Waals surface area contributed by atoms with Crippen molar-refractivity contribution in [2.75, 3.05) is 0 Å². The predicted molar refractivity (Wildman–Crippen MR) is 62.0 cm³/mol. The highest BCUT2D eigenvalue weighted by Crippen LogP contribution is 2.08. The summed E-state index contributed by atoms with van der Waals surface area (Å²) in [4.78, 5) is 10.7. The third-order valence-corrected chi connectivity index (χ3v) is 2.02. The van der Waals surface area contributed by atoms with Crippen LogP contribution in [0, 0.1) is 6.92 Å². The van der Waals surface area contributed by atoms with Crippen molar-refractivity contribution in [3.63, 3.8) is 0 Å². The van der Waals surface area contributed by atoms with Crippen LogP contribution in [0.25, 0.3) is 0 Å². The van der Waals surface area contributed by atoms with Crippen molar-refractivity contribution >= 4 is 5.78 Å². The van der Waals surface area contributed by atoms with Gasteiger partial charge in [0, 0.05) is 6.42 Å². The average Bonchev–Trinajstić information content (AvgIpc) is 2.02. The molecule has 0 amide bonds. The summed E-state index contributed by atoms with van der Waals surface area (Å²) >= 11 is 0. The Kier molecular flexibility index (Phi) is 7.09. The van der Waals surface area contributed by atoms with Crippen LogP contribution in [-0.2, 0) is 4.79 Å². The highest BCUT2D eigenvalue weighted by molar-refractivity contribution is 5.75. The lowest BCUT2D eigenvalue weighted by Gasteiger charge is -1.98. The Bertz CT molecular complexity index is 230. The molecule has 0 aromatic heterocycles. The quantitative estimate of drug-likeness (QED) is 0.585. The smallest absolute Gasteiger partial charge is 0.130 e. The van der Waals surface area contributed by atoms with Gasteiger partial charge in [-0.05, 0) is 47.0 Å². The first-order valence-electron chi connectivity index (χ1n) is 5.16. The van der Waals surface area contributed by atoms with E-state index in [1.54, 1.807) is 6.92 Å². The van der Waals surface area contributed by atoms with E-state index in [1.807, 2.05) is 6.92 Å². The fraction of sp³-hybridized carbons (Fsp3) is 0.538. The molecule has 0 unspecified atom stereocenters. The van der Waals surface area contributed by atoms with Gasteiger partial charge in [-0.1, -0.05) is 23.3 Å². The molecule has 0 spiro atoms. The summed E-state index contributed by atoms with van der Waals surface area (Å²) in [6, 6.07) is 0. The summed E-state index contributed by atoms with van der Waals surface area (Å²) in [5, 5.41) is 0. The number of allylic oxidation sites excluding steroid dienone is 4. The molecule has 0 rings (SSSR count). The van der Waals surface area contributed by atoms with E-state index in [4.69, 9.17) is 0 Å². The normalized spacial score (nSPS) is 13.1. The molecular weight excluding hydrogens is 172 g/mol. The Hall–Kier alpha value is -0.850. The van der Waals surface area contributed by atoms with Crippen molar-refractivity contribution in [3.8, 4) is 0 Å². The SMILES string of the molecule is [CH2]/C(C)=C/CC/C(C)=C/CCC(C)=O. The fourth-order valence-corrected chi connectivity index (χ4v) is 1.17. The van der Waals surface area contributed by atoms with Crippen LogP contribution < -0.4 is 0 Å². The zero-order valence-electron chi connectivity index (χ0n) is 9.60. The number of ketones is 1. The molecule has 0 aromatic rings. The van der Waals surface area contributed by atoms with Crippen molar-refractivity contribution in [1.82, 2.24) is 0 Å². The molecule has 0 aliphatic carbocycles. The summed E-state index contributed by atoms with van der Waals surface area (Å²) in [5.41, 5.74) is 2.49. The van der Waals surface area contributed by atoms with Crippen LogP contribution >= 0.6 is 0 Å². The van der Waals surface area contributed by atoms with Crippen LogP contribution in [0.4, 0.5) is 0 Å². The number of hydrogen-bond acceptors (Lipinski definition) is 1. The molecule has 0 saturated heterocycles. The van der Waals surface area contributed by atoms with Gasteiger partial charge in [0.2, 0.25) is 0 Å². The molecule has 14 heavy (non-hydrogen) atoms. The second-order valence-electron chi connectivity index (χ2n) is 3.88. The number of Topliss-reactive ketones (excluding diaryl/α,β-unsaturated/α-hetero) is 1. The van der Waals surface area contributed by atoms with Gasteiger partial charge in [0.15, 0.2) is 0 Å². The summed E-state index contributed by atoms with van der Waals surface area (Å²) in [6.45, 7) is 9.58. The van der Waals surface area contributed by atoms with Crippen LogP contribution in [0.3, 0.4) is 0 Å². The van der Waals surface area contributed by atoms with Crippen LogP contribution in [0.15, 0.2) is 23.3 Å². The number of rotatable bonds is 6. The molecule has 0 aliphatic rings. The van der Waals surface area contributed by atoms with E-state index >= 15 is 0 Å². The molecule has 0 heterocycles. The highest BCUT2D eigenvalue weighted by atomic mass is 16.1. The van der Waals surface area contributed by atoms with Gasteiger partial charge in [0.25, 0.3) is 0 Å². The van der Waals surface area contributed by atoms with Crippen LogP contribution in [-0.4, -0.2) is 5.78 Å². The van der Waals surface area contributed by atoms with Gasteiger partial charge >= 0.3 is 0 Å². The van der Waals surface area contributed by atoms with Crippen molar-refractivity contribution < 1.29 is 4.79 Å². The number of hydrogen-bond donors (Lipinski definition) is 0. The van der Waals surface area contributed by atoms with E-state index in [2.05, 4.69) is 26.0 Å². The minimum atomic E-state index is 0.266. The number of carbonyl (C=O) groups is 1. The zero-order chi connectivity index (χ0) is 11.0. The van der Waals surface area contributed by atoms with E-state index in [-0.39, 0.29) is 5.78 Å². The average molecular weight is 193 g/mol. The standard InChI is InChI=1S/C13H21O/c1-11(2)7-5-8-12(3)9-6-10-13(4)14/h7,9H,1,5-6,8,10H2,2-4H3/b11-7-,12-9+. The van der Waals surface area contributed by atoms with Crippen LogP contribution in [0.2, 0.25) is 0 Å². The molecule has 0 bridgehead atoms. The number of carbonyl (C=O) groups excluding carboxylic acids is 1. The zero-order valence-corrected chi connectivity index (χ0v) is 9.60. The maximum Gasteiger partial charge on any atom is 0.130 e. The highest BCUT2D eigenvalue weighted by Gasteiger charge is 1.92. The van der Waals surface area contributed by atoms with Gasteiger partial charge in [-0.2, -0.15) is 0 Å². The summed E-state index contributed by atoms with van der Waals surface area (Å²) < 4.78 is 0. The molecule has 0 aromatic carbocycles. The summed E-state index contributed by atoms with van der Waals surface area (Å²) in [5.74, 6) is 0.266. The molecule has 0 N–H and O–H groups in total. The van der Waals surface area contributed by atoms with Crippen LogP contribution in [0.1, 0.15) is 46.5 Å². The van der Waals surface area contributed by atoms with Crippen LogP contribution in [0.5, 0.6) is 0 Å². The maximum atomic E-state index is 10.7. The van der Waals surface area contributed by atoms with Gasteiger partial charge in [-0.15, -0.1) is 0 Å². The van der Waals surface area contributed by atoms with Crippen molar-refractivity contribution in [2.24, 2.45) is 0 Å². The van der Waals surface area contributed by atoms with Gasteiger partial charge in [0.1, 0.15) is 5.78 Å². The van der Waals surface area contributed by atoms with Gasteiger partial charge in [-0.3, -0.25) is 0 Å². The van der Waals surface area contributed by atoms with E-state index in [0.29, 0.717) is 6.42 Å². The van der Waals surface area contributed by atoms with Crippen molar-refractivity contribution in [2.45, 2.75) is 46.5 Å². The molecule has 0 aliphatic heterocycles. The predicted octanol–water partition coefficient (Wildman–Crippen LogP) is 3.86. The maximum absolute atomic E-state index is 10.7.